The van der Waals surface area contributed by atoms with E-state index in [1.807, 2.05) is 0 Å². The van der Waals surface area contributed by atoms with Crippen molar-refractivity contribution in [1.82, 2.24) is 0 Å². The number of phenols is 2. The van der Waals surface area contributed by atoms with E-state index in [2.05, 4.69) is 0 Å². The fourth-order valence-electron chi connectivity index (χ4n) is 4.77. The lowest BCUT2D eigenvalue weighted by Crippen LogP contribution is -2.18. The van der Waals surface area contributed by atoms with Crippen molar-refractivity contribution >= 4 is 11.6 Å². The van der Waals surface area contributed by atoms with Gasteiger partial charge in [0.15, 0.2) is 11.6 Å². The Morgan fingerprint density at radius 2 is 1.38 bits per heavy atom. The summed E-state index contributed by atoms with van der Waals surface area (Å²) in [5.74, 6) is -0.689. The van der Waals surface area contributed by atoms with Gasteiger partial charge in [-0.3, -0.25) is 9.59 Å². The van der Waals surface area contributed by atoms with Crippen molar-refractivity contribution in [3.05, 3.63) is 45.5 Å². The molecule has 3 unspecified atom stereocenters. The molecule has 0 saturated heterocycles. The number of fused-ring (bicyclic) bond motifs is 2. The molecule has 4 rings (SSSR count). The van der Waals surface area contributed by atoms with Gasteiger partial charge in [0.1, 0.15) is 23.0 Å². The molecule has 9 nitrogen and oxygen atoms in total. The number of carbonyl (C=O) groups excluding carboxylic acids is 2. The SMILES string of the molecule is COc1cc2c(c(O)c1COC(C)c1c(OC)cc3c(c1O)C(=O)CCC3O)C(=O)CCC2O. The van der Waals surface area contributed by atoms with Crippen molar-refractivity contribution < 1.29 is 44.2 Å². The first-order chi connectivity index (χ1) is 16.2. The maximum absolute atomic E-state index is 12.5. The van der Waals surface area contributed by atoms with Gasteiger partial charge in [0.2, 0.25) is 0 Å². The van der Waals surface area contributed by atoms with E-state index < -0.39 is 18.3 Å². The highest BCUT2D eigenvalue weighted by atomic mass is 16.5. The molecule has 4 N–H and O–H groups in total. The number of carbonyl (C=O) groups is 2. The van der Waals surface area contributed by atoms with E-state index in [4.69, 9.17) is 14.2 Å². The lowest BCUT2D eigenvalue weighted by Gasteiger charge is -2.27. The molecule has 0 radical (unpaired) electrons. The van der Waals surface area contributed by atoms with E-state index >= 15 is 0 Å². The van der Waals surface area contributed by atoms with Gasteiger partial charge in [-0.25, -0.2) is 0 Å². The van der Waals surface area contributed by atoms with E-state index in [1.165, 1.54) is 26.4 Å². The third kappa shape index (κ3) is 3.89. The summed E-state index contributed by atoms with van der Waals surface area (Å²) in [6.45, 7) is 1.45. The monoisotopic (exact) mass is 472 g/mol. The highest BCUT2D eigenvalue weighted by Crippen LogP contribution is 2.46. The Morgan fingerprint density at radius 1 is 0.882 bits per heavy atom. The summed E-state index contributed by atoms with van der Waals surface area (Å²) >= 11 is 0. The van der Waals surface area contributed by atoms with Gasteiger partial charge >= 0.3 is 0 Å². The molecular formula is C25H28O9. The van der Waals surface area contributed by atoms with E-state index in [0.717, 1.165) is 0 Å². The van der Waals surface area contributed by atoms with Crippen molar-refractivity contribution in [2.45, 2.75) is 57.5 Å². The lowest BCUT2D eigenvalue weighted by molar-refractivity contribution is 0.0465. The van der Waals surface area contributed by atoms with Crippen LogP contribution in [-0.4, -0.2) is 46.2 Å². The number of methoxy groups -OCH3 is 2. The molecular weight excluding hydrogens is 444 g/mol. The van der Waals surface area contributed by atoms with E-state index in [9.17, 15) is 30.0 Å². The quantitative estimate of drug-likeness (QED) is 0.497. The van der Waals surface area contributed by atoms with Gasteiger partial charge in [-0.05, 0) is 43.0 Å². The molecule has 0 amide bonds. The van der Waals surface area contributed by atoms with E-state index in [1.54, 1.807) is 6.92 Å². The zero-order valence-corrected chi connectivity index (χ0v) is 19.3. The molecule has 0 heterocycles. The average Bonchev–Trinajstić information content (AvgIpc) is 2.81. The maximum Gasteiger partial charge on any atom is 0.167 e. The normalized spacial score (nSPS) is 20.5. The first kappa shape index (κ1) is 24.0. The van der Waals surface area contributed by atoms with Crippen LogP contribution < -0.4 is 9.47 Å². The van der Waals surface area contributed by atoms with Gasteiger partial charge in [-0.2, -0.15) is 0 Å². The molecule has 0 bridgehead atoms. The topological polar surface area (TPSA) is 143 Å². The fourth-order valence-corrected chi connectivity index (χ4v) is 4.77. The predicted molar refractivity (Wildman–Crippen MR) is 120 cm³/mol. The van der Waals surface area contributed by atoms with Crippen LogP contribution in [0.2, 0.25) is 0 Å². The Labute approximate surface area is 196 Å². The zero-order valence-electron chi connectivity index (χ0n) is 19.3. The first-order valence-electron chi connectivity index (χ1n) is 11.1. The Kier molecular flexibility index (Phi) is 6.53. The summed E-state index contributed by atoms with van der Waals surface area (Å²) in [6, 6.07) is 3.06. The van der Waals surface area contributed by atoms with Crippen LogP contribution in [0.15, 0.2) is 12.1 Å². The zero-order chi connectivity index (χ0) is 24.7. The van der Waals surface area contributed by atoms with E-state index in [-0.39, 0.29) is 89.1 Å². The minimum absolute atomic E-state index is 0.0544. The van der Waals surface area contributed by atoms with Crippen LogP contribution in [0.25, 0.3) is 0 Å². The second-order valence-electron chi connectivity index (χ2n) is 8.58. The molecule has 2 aliphatic rings. The molecule has 0 spiro atoms. The number of rotatable bonds is 6. The summed E-state index contributed by atoms with van der Waals surface area (Å²) in [7, 11) is 2.81. The second-order valence-corrected chi connectivity index (χ2v) is 8.58. The van der Waals surface area contributed by atoms with Crippen molar-refractivity contribution in [2.75, 3.05) is 14.2 Å². The number of hydrogen-bond donors (Lipinski definition) is 4. The number of ether oxygens (including phenoxy) is 3. The number of phenolic OH excluding ortho intramolecular Hbond substituents is 2. The molecule has 34 heavy (non-hydrogen) atoms. The standard InChI is InChI=1S/C25H28O9/c1-11(21-20(33-3)9-13-16(27)5-7-18(29)23(13)25(21)31)34-10-14-19(32-2)8-12-15(26)4-6-17(28)22(12)24(14)30/h8-9,11,15-16,26-27,30-31H,4-7,10H2,1-3H3. The maximum atomic E-state index is 12.5. The first-order valence-corrected chi connectivity index (χ1v) is 11.1. The molecule has 0 aliphatic heterocycles. The molecule has 9 heteroatoms. The minimum atomic E-state index is -0.887. The second kappa shape index (κ2) is 9.25. The minimum Gasteiger partial charge on any atom is -0.507 e. The van der Waals surface area contributed by atoms with Crippen molar-refractivity contribution in [3.63, 3.8) is 0 Å². The number of aromatic hydroxyl groups is 2. The van der Waals surface area contributed by atoms with Gasteiger partial charge in [-0.15, -0.1) is 0 Å². The highest BCUT2D eigenvalue weighted by molar-refractivity contribution is 6.02. The lowest BCUT2D eigenvalue weighted by atomic mass is 9.85. The molecule has 0 saturated carbocycles. The van der Waals surface area contributed by atoms with Gasteiger partial charge in [-0.1, -0.05) is 0 Å². The average molecular weight is 472 g/mol. The number of Topliss-reactive ketones (excluding diaryl/α,β-unsaturated/α-hetero) is 2. The molecule has 0 aromatic heterocycles. The Morgan fingerprint density at radius 3 is 1.91 bits per heavy atom. The van der Waals surface area contributed by atoms with Crippen LogP contribution in [0.1, 0.15) is 93.9 Å². The summed E-state index contributed by atoms with van der Waals surface area (Å²) in [4.78, 5) is 24.9. The summed E-state index contributed by atoms with van der Waals surface area (Å²) in [5, 5.41) is 42.4. The van der Waals surface area contributed by atoms with Gasteiger partial charge in [0.25, 0.3) is 0 Å². The largest absolute Gasteiger partial charge is 0.507 e. The Balaban J connectivity index is 1.70. The predicted octanol–water partition coefficient (Wildman–Crippen LogP) is 3.41. The highest BCUT2D eigenvalue weighted by Gasteiger charge is 2.34. The smallest absolute Gasteiger partial charge is 0.167 e. The molecule has 3 atom stereocenters. The van der Waals surface area contributed by atoms with Crippen LogP contribution in [0.4, 0.5) is 0 Å². The number of ketones is 2. The van der Waals surface area contributed by atoms with Crippen LogP contribution in [0.3, 0.4) is 0 Å². The van der Waals surface area contributed by atoms with Gasteiger partial charge < -0.3 is 34.6 Å². The third-order valence-electron chi connectivity index (χ3n) is 6.62. The molecule has 0 fully saturated rings. The Bertz CT molecular complexity index is 1150. The number of benzene rings is 2. The number of aliphatic hydroxyl groups is 2. The summed E-state index contributed by atoms with van der Waals surface area (Å²) in [6.07, 6.45) is -1.80. The van der Waals surface area contributed by atoms with Crippen molar-refractivity contribution in [2.24, 2.45) is 0 Å². The van der Waals surface area contributed by atoms with Crippen LogP contribution in [0, 0.1) is 0 Å². The van der Waals surface area contributed by atoms with Crippen molar-refractivity contribution in [1.29, 1.82) is 0 Å². The summed E-state index contributed by atoms with van der Waals surface area (Å²) in [5.41, 5.74) is 1.18. The van der Waals surface area contributed by atoms with Gasteiger partial charge in [0.05, 0.1) is 61.4 Å². The molecule has 2 aromatic carbocycles. The fraction of sp³-hybridized carbons (Fsp3) is 0.440. The molecule has 182 valence electrons. The van der Waals surface area contributed by atoms with Crippen LogP contribution in [0.5, 0.6) is 23.0 Å². The number of hydrogen-bond acceptors (Lipinski definition) is 9. The van der Waals surface area contributed by atoms with Crippen LogP contribution in [-0.2, 0) is 11.3 Å². The molecule has 2 aliphatic carbocycles. The Hall–Kier alpha value is -3.14. The van der Waals surface area contributed by atoms with Crippen molar-refractivity contribution in [3.8, 4) is 23.0 Å². The van der Waals surface area contributed by atoms with Gasteiger partial charge in [0, 0.05) is 12.8 Å². The van der Waals surface area contributed by atoms with E-state index in [0.29, 0.717) is 11.1 Å². The molecule has 2 aromatic rings. The van der Waals surface area contributed by atoms with Crippen LogP contribution >= 0.6 is 0 Å². The summed E-state index contributed by atoms with van der Waals surface area (Å²) < 4.78 is 16.7. The number of aliphatic hydroxyl groups excluding tert-OH is 2. The third-order valence-corrected chi connectivity index (χ3v) is 6.62.